The van der Waals surface area contributed by atoms with Crippen molar-refractivity contribution in [3.63, 3.8) is 0 Å². The smallest absolute Gasteiger partial charge is 0.410 e. The van der Waals surface area contributed by atoms with E-state index >= 15 is 0 Å². The van der Waals surface area contributed by atoms with Gasteiger partial charge in [-0.1, -0.05) is 30.3 Å². The van der Waals surface area contributed by atoms with Crippen LogP contribution in [0.4, 0.5) is 4.79 Å². The number of hydrogen-bond donors (Lipinski definition) is 1. The van der Waals surface area contributed by atoms with Gasteiger partial charge in [0.05, 0.1) is 19.3 Å². The fraction of sp³-hybridized carbons (Fsp3) is 0.467. The zero-order valence-corrected chi connectivity index (χ0v) is 11.9. The van der Waals surface area contributed by atoms with Crippen LogP contribution in [0.1, 0.15) is 12.5 Å². The topological polar surface area (TPSA) is 76.1 Å². The molecule has 1 aromatic carbocycles. The Hall–Kier alpha value is -2.08. The first kappa shape index (κ1) is 15.3. The first-order valence-corrected chi connectivity index (χ1v) is 6.92. The fourth-order valence-corrected chi connectivity index (χ4v) is 2.23. The van der Waals surface area contributed by atoms with Gasteiger partial charge in [0, 0.05) is 6.54 Å². The Morgan fingerprint density at radius 2 is 1.95 bits per heavy atom. The lowest BCUT2D eigenvalue weighted by molar-refractivity contribution is -0.150. The van der Waals surface area contributed by atoms with E-state index in [1.807, 2.05) is 30.3 Å². The SMILES string of the molecule is CCOC(=O)C1CN(C(=O)OCc2ccccc2)CC1O. The maximum absolute atomic E-state index is 11.9. The maximum Gasteiger partial charge on any atom is 0.410 e. The average Bonchev–Trinajstić information content (AvgIpc) is 2.88. The molecule has 0 bridgehead atoms. The molecular weight excluding hydrogens is 274 g/mol. The molecular formula is C15H19NO5. The number of β-amino-alcohol motifs (C(OH)–C–C–N with tert-alkyl or cyclic N) is 1. The number of esters is 1. The molecule has 1 aliphatic rings. The van der Waals surface area contributed by atoms with Crippen LogP contribution in [0.15, 0.2) is 30.3 Å². The summed E-state index contributed by atoms with van der Waals surface area (Å²) in [5, 5.41) is 9.84. The third kappa shape index (κ3) is 3.95. The Labute approximate surface area is 123 Å². The van der Waals surface area contributed by atoms with Crippen LogP contribution in [-0.4, -0.2) is 47.9 Å². The number of benzene rings is 1. The van der Waals surface area contributed by atoms with Crippen LogP contribution in [0.25, 0.3) is 0 Å². The van der Waals surface area contributed by atoms with Gasteiger partial charge in [0.25, 0.3) is 0 Å². The van der Waals surface area contributed by atoms with E-state index in [4.69, 9.17) is 9.47 Å². The first-order chi connectivity index (χ1) is 10.1. The summed E-state index contributed by atoms with van der Waals surface area (Å²) in [6.45, 7) is 2.31. The molecule has 1 saturated heterocycles. The predicted molar refractivity (Wildman–Crippen MR) is 74.3 cm³/mol. The van der Waals surface area contributed by atoms with Gasteiger partial charge in [-0.05, 0) is 12.5 Å². The molecule has 1 fully saturated rings. The summed E-state index contributed by atoms with van der Waals surface area (Å²) in [6.07, 6.45) is -1.45. The third-order valence-corrected chi connectivity index (χ3v) is 3.34. The van der Waals surface area contributed by atoms with Crippen LogP contribution in [0.5, 0.6) is 0 Å². The number of rotatable bonds is 4. The Morgan fingerprint density at radius 3 is 2.62 bits per heavy atom. The molecule has 6 heteroatoms. The van der Waals surface area contributed by atoms with Gasteiger partial charge in [-0.3, -0.25) is 4.79 Å². The molecule has 2 atom stereocenters. The average molecular weight is 293 g/mol. The Morgan fingerprint density at radius 1 is 1.24 bits per heavy atom. The zero-order valence-electron chi connectivity index (χ0n) is 11.9. The van der Waals surface area contributed by atoms with E-state index in [0.717, 1.165) is 5.56 Å². The van der Waals surface area contributed by atoms with E-state index in [2.05, 4.69) is 0 Å². The van der Waals surface area contributed by atoms with Gasteiger partial charge in [-0.25, -0.2) is 4.79 Å². The van der Waals surface area contributed by atoms with Gasteiger partial charge < -0.3 is 19.5 Å². The third-order valence-electron chi connectivity index (χ3n) is 3.34. The molecule has 6 nitrogen and oxygen atoms in total. The van der Waals surface area contributed by atoms with Crippen LogP contribution < -0.4 is 0 Å². The van der Waals surface area contributed by atoms with Crippen molar-refractivity contribution in [1.82, 2.24) is 4.90 Å². The van der Waals surface area contributed by atoms with E-state index in [1.54, 1.807) is 6.92 Å². The molecule has 1 heterocycles. The Bertz CT molecular complexity index is 490. The molecule has 2 unspecified atom stereocenters. The van der Waals surface area contributed by atoms with Crippen molar-refractivity contribution < 1.29 is 24.2 Å². The molecule has 1 aromatic rings. The number of nitrogens with zero attached hydrogens (tertiary/aromatic N) is 1. The van der Waals surface area contributed by atoms with Crippen molar-refractivity contribution in [2.45, 2.75) is 19.6 Å². The highest BCUT2D eigenvalue weighted by molar-refractivity contribution is 5.76. The molecule has 0 aromatic heterocycles. The molecule has 0 radical (unpaired) electrons. The van der Waals surface area contributed by atoms with Crippen molar-refractivity contribution in [2.75, 3.05) is 19.7 Å². The minimum absolute atomic E-state index is 0.0805. The van der Waals surface area contributed by atoms with E-state index in [-0.39, 0.29) is 26.3 Å². The Balaban J connectivity index is 1.85. The number of carbonyl (C=O) groups excluding carboxylic acids is 2. The largest absolute Gasteiger partial charge is 0.466 e. The fourth-order valence-electron chi connectivity index (χ4n) is 2.23. The highest BCUT2D eigenvalue weighted by Crippen LogP contribution is 2.19. The van der Waals surface area contributed by atoms with Crippen LogP contribution >= 0.6 is 0 Å². The molecule has 0 aliphatic carbocycles. The summed E-state index contributed by atoms with van der Waals surface area (Å²) >= 11 is 0. The molecule has 114 valence electrons. The van der Waals surface area contributed by atoms with Crippen molar-refractivity contribution in [2.24, 2.45) is 5.92 Å². The number of carbonyl (C=O) groups is 2. The monoisotopic (exact) mass is 293 g/mol. The van der Waals surface area contributed by atoms with Gasteiger partial charge >= 0.3 is 12.1 Å². The number of ether oxygens (including phenoxy) is 2. The van der Waals surface area contributed by atoms with Gasteiger partial charge in [0.2, 0.25) is 0 Å². The van der Waals surface area contributed by atoms with Crippen molar-refractivity contribution in [3.8, 4) is 0 Å². The highest BCUT2D eigenvalue weighted by Gasteiger charge is 2.40. The van der Waals surface area contributed by atoms with Gasteiger partial charge in [0.15, 0.2) is 0 Å². The van der Waals surface area contributed by atoms with Gasteiger partial charge in [0.1, 0.15) is 12.5 Å². The van der Waals surface area contributed by atoms with Crippen LogP contribution in [0.2, 0.25) is 0 Å². The molecule has 1 amide bonds. The van der Waals surface area contributed by atoms with Crippen molar-refractivity contribution in [1.29, 1.82) is 0 Å². The van der Waals surface area contributed by atoms with E-state index in [0.29, 0.717) is 0 Å². The van der Waals surface area contributed by atoms with Gasteiger partial charge in [-0.15, -0.1) is 0 Å². The van der Waals surface area contributed by atoms with E-state index < -0.39 is 24.1 Å². The van der Waals surface area contributed by atoms with Crippen LogP contribution in [-0.2, 0) is 20.9 Å². The molecule has 1 N–H and O–H groups in total. The molecule has 2 rings (SSSR count). The number of hydrogen-bond acceptors (Lipinski definition) is 5. The lowest BCUT2D eigenvalue weighted by atomic mass is 10.1. The van der Waals surface area contributed by atoms with Crippen molar-refractivity contribution >= 4 is 12.1 Å². The van der Waals surface area contributed by atoms with E-state index in [1.165, 1.54) is 4.90 Å². The molecule has 0 spiro atoms. The lowest BCUT2D eigenvalue weighted by Crippen LogP contribution is -2.30. The number of likely N-dealkylation sites (tertiary alicyclic amines) is 1. The normalized spacial score (nSPS) is 21.1. The summed E-state index contributed by atoms with van der Waals surface area (Å²) in [5.74, 6) is -1.18. The van der Waals surface area contributed by atoms with E-state index in [9.17, 15) is 14.7 Å². The highest BCUT2D eigenvalue weighted by atomic mass is 16.6. The van der Waals surface area contributed by atoms with Crippen LogP contribution in [0, 0.1) is 5.92 Å². The quantitative estimate of drug-likeness (QED) is 0.844. The van der Waals surface area contributed by atoms with Crippen molar-refractivity contribution in [3.05, 3.63) is 35.9 Å². The molecule has 21 heavy (non-hydrogen) atoms. The Kier molecular flexibility index (Phi) is 5.16. The van der Waals surface area contributed by atoms with Gasteiger partial charge in [-0.2, -0.15) is 0 Å². The lowest BCUT2D eigenvalue weighted by Gasteiger charge is -2.15. The second kappa shape index (κ2) is 7.08. The summed E-state index contributed by atoms with van der Waals surface area (Å²) < 4.78 is 10.0. The predicted octanol–water partition coefficient (Wildman–Crippen LogP) is 1.18. The summed E-state index contributed by atoms with van der Waals surface area (Å²) in [7, 11) is 0. The summed E-state index contributed by atoms with van der Waals surface area (Å²) in [6, 6.07) is 9.31. The number of amides is 1. The molecule has 1 aliphatic heterocycles. The standard InChI is InChI=1S/C15H19NO5/c1-2-20-14(18)12-8-16(9-13(12)17)15(19)21-10-11-6-4-3-5-7-11/h3-7,12-13,17H,2,8-10H2,1H3. The summed E-state index contributed by atoms with van der Waals surface area (Å²) in [5.41, 5.74) is 0.882. The zero-order chi connectivity index (χ0) is 15.2. The number of aliphatic hydroxyl groups excluding tert-OH is 1. The second-order valence-corrected chi connectivity index (χ2v) is 4.87. The minimum Gasteiger partial charge on any atom is -0.466 e. The van der Waals surface area contributed by atoms with Crippen LogP contribution in [0.3, 0.4) is 0 Å². The minimum atomic E-state index is -0.909. The second-order valence-electron chi connectivity index (χ2n) is 4.87. The maximum atomic E-state index is 11.9. The first-order valence-electron chi connectivity index (χ1n) is 6.92. The molecule has 0 saturated carbocycles. The number of aliphatic hydroxyl groups is 1. The summed E-state index contributed by atoms with van der Waals surface area (Å²) in [4.78, 5) is 24.9.